The van der Waals surface area contributed by atoms with Crippen LogP contribution in [-0.4, -0.2) is 38.1 Å². The lowest BCUT2D eigenvalue weighted by Crippen LogP contribution is -2.36. The van der Waals surface area contributed by atoms with Gasteiger partial charge in [0.15, 0.2) is 0 Å². The predicted molar refractivity (Wildman–Crippen MR) is 37.7 cm³/mol. The van der Waals surface area contributed by atoms with Crippen molar-refractivity contribution < 1.29 is 4.79 Å². The molecule has 10 heavy (non-hydrogen) atoms. The molecule has 5 heteroatoms. The molecule has 0 aromatic rings. The van der Waals surface area contributed by atoms with Crippen molar-refractivity contribution in [2.75, 3.05) is 27.2 Å². The fourth-order valence-electron chi connectivity index (χ4n) is 0.483. The van der Waals surface area contributed by atoms with Crippen molar-refractivity contribution in [2.45, 2.75) is 0 Å². The Labute approximate surface area is 59.4 Å². The van der Waals surface area contributed by atoms with Crippen LogP contribution in [0.4, 0.5) is 4.79 Å². The molecule has 0 saturated heterocycles. The highest BCUT2D eigenvalue weighted by molar-refractivity contribution is 5.73. The molecular weight excluding hydrogens is 134 g/mol. The fourth-order valence-corrected chi connectivity index (χ4v) is 0.483. The fraction of sp³-hybridized carbons (Fsp3) is 0.800. The lowest BCUT2D eigenvalue weighted by Gasteiger charge is -2.13. The Hall–Kier alpha value is -1.13. The van der Waals surface area contributed by atoms with Crippen molar-refractivity contribution >= 4 is 6.03 Å². The van der Waals surface area contributed by atoms with Crippen molar-refractivity contribution in [1.29, 1.82) is 0 Å². The first-order valence-electron chi connectivity index (χ1n) is 2.94. The molecule has 0 unspecified atom stereocenters. The van der Waals surface area contributed by atoms with Crippen LogP contribution in [0.25, 0.3) is 0 Å². The summed E-state index contributed by atoms with van der Waals surface area (Å²) in [5.74, 6) is 0. The third-order valence-electron chi connectivity index (χ3n) is 1.09. The second-order valence-electron chi connectivity index (χ2n) is 1.83. The van der Waals surface area contributed by atoms with E-state index in [-0.39, 0.29) is 12.6 Å². The molecule has 58 valence electrons. The Balaban J connectivity index is 3.50. The molecule has 0 bridgehead atoms. The molecule has 0 aromatic carbocycles. The van der Waals surface area contributed by atoms with Crippen LogP contribution in [0.3, 0.4) is 0 Å². The van der Waals surface area contributed by atoms with Gasteiger partial charge in [0.1, 0.15) is 0 Å². The molecule has 0 saturated carbocycles. The van der Waals surface area contributed by atoms with Crippen molar-refractivity contribution in [3.05, 3.63) is 4.91 Å². The zero-order valence-corrected chi connectivity index (χ0v) is 6.13. The maximum atomic E-state index is 10.7. The van der Waals surface area contributed by atoms with E-state index in [4.69, 9.17) is 0 Å². The molecule has 0 rings (SSSR count). The first-order valence-corrected chi connectivity index (χ1v) is 2.94. The highest BCUT2D eigenvalue weighted by Crippen LogP contribution is 1.82. The van der Waals surface area contributed by atoms with Gasteiger partial charge in [0, 0.05) is 20.6 Å². The number of carbonyl (C=O) groups is 1. The standard InChI is InChI=1S/C5H11N3O2/c1-6-5(9)8(2)4-3-7-10/h3-4H2,1-2H3,(H,6,9). The summed E-state index contributed by atoms with van der Waals surface area (Å²) in [5.41, 5.74) is 0. The summed E-state index contributed by atoms with van der Waals surface area (Å²) in [5, 5.41) is 5.04. The average molecular weight is 145 g/mol. The minimum Gasteiger partial charge on any atom is -0.341 e. The Morgan fingerprint density at radius 2 is 2.30 bits per heavy atom. The number of nitrogens with zero attached hydrogens (tertiary/aromatic N) is 2. The lowest BCUT2D eigenvalue weighted by molar-refractivity contribution is 0.212. The van der Waals surface area contributed by atoms with Gasteiger partial charge in [-0.3, -0.25) is 0 Å². The van der Waals surface area contributed by atoms with E-state index in [2.05, 4.69) is 10.5 Å². The SMILES string of the molecule is CNC(=O)N(C)CCN=O. The van der Waals surface area contributed by atoms with E-state index >= 15 is 0 Å². The third-order valence-corrected chi connectivity index (χ3v) is 1.09. The molecule has 0 radical (unpaired) electrons. The molecule has 0 aliphatic heterocycles. The Morgan fingerprint density at radius 1 is 1.70 bits per heavy atom. The van der Waals surface area contributed by atoms with E-state index in [1.807, 2.05) is 0 Å². The number of urea groups is 1. The number of likely N-dealkylation sites (N-methyl/N-ethyl adjacent to an activating group) is 1. The van der Waals surface area contributed by atoms with Crippen LogP contribution in [0.15, 0.2) is 5.18 Å². The van der Waals surface area contributed by atoms with E-state index in [1.54, 1.807) is 7.05 Å². The van der Waals surface area contributed by atoms with Gasteiger partial charge < -0.3 is 10.2 Å². The summed E-state index contributed by atoms with van der Waals surface area (Å²) < 4.78 is 0. The average Bonchev–Trinajstić information content (AvgIpc) is 1.98. The van der Waals surface area contributed by atoms with Crippen LogP contribution in [0.1, 0.15) is 0 Å². The quantitative estimate of drug-likeness (QED) is 0.569. The van der Waals surface area contributed by atoms with E-state index in [0.29, 0.717) is 6.54 Å². The first-order chi connectivity index (χ1) is 4.72. The molecule has 0 aliphatic carbocycles. The second-order valence-corrected chi connectivity index (χ2v) is 1.83. The maximum Gasteiger partial charge on any atom is 0.316 e. The first kappa shape index (κ1) is 8.87. The predicted octanol–water partition coefficient (Wildman–Crippen LogP) is 0.0240. The molecule has 0 heterocycles. The smallest absolute Gasteiger partial charge is 0.316 e. The maximum absolute atomic E-state index is 10.7. The number of carbonyl (C=O) groups excluding carboxylic acids is 1. The van der Waals surface area contributed by atoms with Crippen LogP contribution in [0.5, 0.6) is 0 Å². The van der Waals surface area contributed by atoms with Crippen molar-refractivity contribution in [3.8, 4) is 0 Å². The Morgan fingerprint density at radius 3 is 2.70 bits per heavy atom. The van der Waals surface area contributed by atoms with E-state index in [0.717, 1.165) is 0 Å². The highest BCUT2D eigenvalue weighted by Gasteiger charge is 2.03. The molecule has 0 aromatic heterocycles. The molecule has 2 amide bonds. The monoisotopic (exact) mass is 145 g/mol. The normalized spacial score (nSPS) is 8.60. The van der Waals surface area contributed by atoms with Crippen molar-refractivity contribution in [1.82, 2.24) is 10.2 Å². The van der Waals surface area contributed by atoms with Crippen molar-refractivity contribution in [2.24, 2.45) is 5.18 Å². The summed E-state index contributed by atoms with van der Waals surface area (Å²) in [6.45, 7) is 0.507. The lowest BCUT2D eigenvalue weighted by atomic mass is 10.6. The second kappa shape index (κ2) is 4.72. The zero-order valence-electron chi connectivity index (χ0n) is 6.13. The molecule has 1 N–H and O–H groups in total. The number of amides is 2. The van der Waals surface area contributed by atoms with Gasteiger partial charge in [-0.15, -0.1) is 0 Å². The van der Waals surface area contributed by atoms with Gasteiger partial charge in [-0.1, -0.05) is 5.18 Å². The van der Waals surface area contributed by atoms with Gasteiger partial charge in [-0.25, -0.2) is 4.79 Å². The molecule has 0 aliphatic rings. The molecule has 0 spiro atoms. The number of hydrogen-bond acceptors (Lipinski definition) is 3. The molecular formula is C5H11N3O2. The van der Waals surface area contributed by atoms with Crippen molar-refractivity contribution in [3.63, 3.8) is 0 Å². The number of nitrogens with one attached hydrogen (secondary N) is 1. The number of rotatable bonds is 3. The van der Waals surface area contributed by atoms with Crippen LogP contribution in [-0.2, 0) is 0 Å². The van der Waals surface area contributed by atoms with Gasteiger partial charge >= 0.3 is 6.03 Å². The topological polar surface area (TPSA) is 61.8 Å². The van der Waals surface area contributed by atoms with Gasteiger partial charge in [0.05, 0.1) is 6.54 Å². The van der Waals surface area contributed by atoms with Gasteiger partial charge in [0.25, 0.3) is 0 Å². The number of hydrogen-bond donors (Lipinski definition) is 1. The third kappa shape index (κ3) is 3.01. The van der Waals surface area contributed by atoms with E-state index in [1.165, 1.54) is 11.9 Å². The Bertz CT molecular complexity index is 126. The minimum absolute atomic E-state index is 0.143. The van der Waals surface area contributed by atoms with Gasteiger partial charge in [-0.2, -0.15) is 4.91 Å². The summed E-state index contributed by atoms with van der Waals surface area (Å²) in [7, 11) is 3.14. The van der Waals surface area contributed by atoms with Gasteiger partial charge in [-0.05, 0) is 0 Å². The van der Waals surface area contributed by atoms with E-state index in [9.17, 15) is 9.70 Å². The number of nitroso groups, excluding NO2 is 1. The van der Waals surface area contributed by atoms with Crippen LogP contribution in [0, 0.1) is 4.91 Å². The Kier molecular flexibility index (Phi) is 4.19. The summed E-state index contributed by atoms with van der Waals surface area (Å²) in [6, 6.07) is -0.205. The van der Waals surface area contributed by atoms with Crippen LogP contribution >= 0.6 is 0 Å². The minimum atomic E-state index is -0.205. The molecule has 5 nitrogen and oxygen atoms in total. The largest absolute Gasteiger partial charge is 0.341 e. The molecule has 0 atom stereocenters. The van der Waals surface area contributed by atoms with Crippen LogP contribution in [0.2, 0.25) is 0 Å². The van der Waals surface area contributed by atoms with Gasteiger partial charge in [0.2, 0.25) is 0 Å². The summed E-state index contributed by atoms with van der Waals surface area (Å²) >= 11 is 0. The highest BCUT2D eigenvalue weighted by atomic mass is 16.3. The summed E-state index contributed by atoms with van der Waals surface area (Å²) in [4.78, 5) is 21.7. The zero-order chi connectivity index (χ0) is 7.98. The van der Waals surface area contributed by atoms with E-state index < -0.39 is 0 Å². The summed E-state index contributed by atoms with van der Waals surface area (Å²) in [6.07, 6.45) is 0. The van der Waals surface area contributed by atoms with Crippen LogP contribution < -0.4 is 5.32 Å². The molecule has 0 fully saturated rings.